The van der Waals surface area contributed by atoms with Crippen LogP contribution in [0.5, 0.6) is 0 Å². The zero-order chi connectivity index (χ0) is 16.8. The number of nitrogens with zero attached hydrogens (tertiary/aromatic N) is 1. The second kappa shape index (κ2) is 8.24. The Hall–Kier alpha value is -1.69. The van der Waals surface area contributed by atoms with Crippen LogP contribution in [0.25, 0.3) is 0 Å². The van der Waals surface area contributed by atoms with Gasteiger partial charge in [0.1, 0.15) is 11.6 Å². The van der Waals surface area contributed by atoms with Crippen molar-refractivity contribution >= 4 is 6.03 Å². The summed E-state index contributed by atoms with van der Waals surface area (Å²) in [5, 5.41) is 11.9. The van der Waals surface area contributed by atoms with E-state index in [-0.39, 0.29) is 18.7 Å². The fourth-order valence-corrected chi connectivity index (χ4v) is 3.03. The lowest BCUT2D eigenvalue weighted by atomic mass is 9.86. The van der Waals surface area contributed by atoms with Gasteiger partial charge in [-0.2, -0.15) is 0 Å². The van der Waals surface area contributed by atoms with Gasteiger partial charge >= 0.3 is 6.03 Å². The summed E-state index contributed by atoms with van der Waals surface area (Å²) in [5.41, 5.74) is 0.387. The molecule has 1 aromatic carbocycles. The van der Waals surface area contributed by atoms with Gasteiger partial charge in [0, 0.05) is 32.3 Å². The van der Waals surface area contributed by atoms with E-state index in [2.05, 4.69) is 5.32 Å². The van der Waals surface area contributed by atoms with Crippen molar-refractivity contribution in [2.75, 3.05) is 20.2 Å². The highest BCUT2D eigenvalue weighted by Gasteiger charge is 2.25. The average molecular weight is 326 g/mol. The number of hydrogen-bond donors (Lipinski definition) is 2. The van der Waals surface area contributed by atoms with Crippen molar-refractivity contribution in [2.24, 2.45) is 5.92 Å². The maximum atomic E-state index is 13.5. The molecular weight excluding hydrogens is 302 g/mol. The summed E-state index contributed by atoms with van der Waals surface area (Å²) in [4.78, 5) is 13.8. The number of aliphatic hydroxyl groups is 1. The molecule has 1 fully saturated rings. The molecule has 0 radical (unpaired) electrons. The number of aliphatic hydroxyl groups excluding tert-OH is 1. The monoisotopic (exact) mass is 326 g/mol. The summed E-state index contributed by atoms with van der Waals surface area (Å²) in [6, 6.07) is 3.46. The van der Waals surface area contributed by atoms with E-state index >= 15 is 0 Å². The molecule has 1 saturated carbocycles. The van der Waals surface area contributed by atoms with Crippen molar-refractivity contribution in [2.45, 2.75) is 38.1 Å². The SMILES string of the molecule is CN(C(=O)NCCc1ccc(F)cc1F)C1CCC(CO)CC1. The van der Waals surface area contributed by atoms with Crippen LogP contribution in [0.1, 0.15) is 31.2 Å². The molecule has 2 N–H and O–H groups in total. The molecule has 0 atom stereocenters. The van der Waals surface area contributed by atoms with E-state index < -0.39 is 11.6 Å². The maximum absolute atomic E-state index is 13.5. The molecule has 0 aliphatic heterocycles. The number of amides is 2. The minimum Gasteiger partial charge on any atom is -0.396 e. The molecule has 0 heterocycles. The Morgan fingerprint density at radius 3 is 2.61 bits per heavy atom. The van der Waals surface area contributed by atoms with Gasteiger partial charge in [0.05, 0.1) is 0 Å². The van der Waals surface area contributed by atoms with E-state index in [0.29, 0.717) is 24.4 Å². The number of nitrogens with one attached hydrogen (secondary N) is 1. The summed E-state index contributed by atoms with van der Waals surface area (Å²) in [6.07, 6.45) is 3.96. The van der Waals surface area contributed by atoms with Gasteiger partial charge in [-0.25, -0.2) is 13.6 Å². The smallest absolute Gasteiger partial charge is 0.317 e. The van der Waals surface area contributed by atoms with Crippen LogP contribution in [0.3, 0.4) is 0 Å². The highest BCUT2D eigenvalue weighted by molar-refractivity contribution is 5.74. The normalized spacial score (nSPS) is 21.0. The first-order valence-electron chi connectivity index (χ1n) is 8.06. The van der Waals surface area contributed by atoms with Crippen molar-refractivity contribution in [3.05, 3.63) is 35.4 Å². The molecule has 0 spiro atoms. The molecule has 1 aromatic rings. The summed E-state index contributed by atoms with van der Waals surface area (Å²) in [7, 11) is 1.76. The molecule has 4 nitrogen and oxygen atoms in total. The molecule has 0 aromatic heterocycles. The quantitative estimate of drug-likeness (QED) is 0.874. The zero-order valence-corrected chi connectivity index (χ0v) is 13.4. The lowest BCUT2D eigenvalue weighted by molar-refractivity contribution is 0.134. The van der Waals surface area contributed by atoms with Crippen molar-refractivity contribution in [3.63, 3.8) is 0 Å². The fraction of sp³-hybridized carbons (Fsp3) is 0.588. The predicted octanol–water partition coefficient (Wildman–Crippen LogP) is 2.70. The first-order chi connectivity index (χ1) is 11.0. The van der Waals surface area contributed by atoms with Gasteiger partial charge in [-0.1, -0.05) is 6.07 Å². The lowest BCUT2D eigenvalue weighted by Crippen LogP contribution is -2.45. The molecule has 128 valence electrons. The van der Waals surface area contributed by atoms with Crippen LogP contribution in [0, 0.1) is 17.6 Å². The zero-order valence-electron chi connectivity index (χ0n) is 13.4. The van der Waals surface area contributed by atoms with Crippen LogP contribution in [-0.2, 0) is 6.42 Å². The molecule has 1 aliphatic rings. The molecule has 23 heavy (non-hydrogen) atoms. The number of carbonyl (C=O) groups is 1. The van der Waals surface area contributed by atoms with E-state index in [9.17, 15) is 13.6 Å². The van der Waals surface area contributed by atoms with Crippen LogP contribution in [-0.4, -0.2) is 42.3 Å². The van der Waals surface area contributed by atoms with Gasteiger partial charge in [0.15, 0.2) is 0 Å². The first kappa shape index (κ1) is 17.7. The molecule has 2 rings (SSSR count). The molecule has 6 heteroatoms. The molecule has 0 bridgehead atoms. The Labute approximate surface area is 135 Å². The summed E-state index contributed by atoms with van der Waals surface area (Å²) >= 11 is 0. The van der Waals surface area contributed by atoms with Crippen LogP contribution in [0.4, 0.5) is 13.6 Å². The van der Waals surface area contributed by atoms with E-state index in [1.54, 1.807) is 11.9 Å². The number of hydrogen-bond acceptors (Lipinski definition) is 2. The Morgan fingerprint density at radius 1 is 1.30 bits per heavy atom. The van der Waals surface area contributed by atoms with E-state index in [4.69, 9.17) is 5.11 Å². The van der Waals surface area contributed by atoms with Gasteiger partial charge in [0.25, 0.3) is 0 Å². The summed E-state index contributed by atoms with van der Waals surface area (Å²) in [5.74, 6) is -0.840. The summed E-state index contributed by atoms with van der Waals surface area (Å²) in [6.45, 7) is 0.517. The second-order valence-electron chi connectivity index (χ2n) is 6.19. The van der Waals surface area contributed by atoms with Crippen molar-refractivity contribution in [1.82, 2.24) is 10.2 Å². The van der Waals surface area contributed by atoms with Crippen LogP contribution in [0.15, 0.2) is 18.2 Å². The molecule has 2 amide bonds. The summed E-state index contributed by atoms with van der Waals surface area (Å²) < 4.78 is 26.3. The van der Waals surface area contributed by atoms with Crippen molar-refractivity contribution < 1.29 is 18.7 Å². The van der Waals surface area contributed by atoms with Gasteiger partial charge in [-0.15, -0.1) is 0 Å². The highest BCUT2D eigenvalue weighted by atomic mass is 19.1. The van der Waals surface area contributed by atoms with Crippen LogP contribution >= 0.6 is 0 Å². The number of benzene rings is 1. The average Bonchev–Trinajstić information content (AvgIpc) is 2.56. The Bertz CT molecular complexity index is 531. The third kappa shape index (κ3) is 4.89. The maximum Gasteiger partial charge on any atom is 0.317 e. The third-order valence-electron chi connectivity index (χ3n) is 4.63. The predicted molar refractivity (Wildman–Crippen MR) is 84.1 cm³/mol. The van der Waals surface area contributed by atoms with Gasteiger partial charge in [-0.05, 0) is 49.7 Å². The van der Waals surface area contributed by atoms with Crippen LogP contribution in [0.2, 0.25) is 0 Å². The molecular formula is C17H24F2N2O2. The first-order valence-corrected chi connectivity index (χ1v) is 8.06. The number of carbonyl (C=O) groups excluding carboxylic acids is 1. The Balaban J connectivity index is 1.76. The molecule has 1 aliphatic carbocycles. The Kier molecular flexibility index (Phi) is 6.33. The lowest BCUT2D eigenvalue weighted by Gasteiger charge is -2.34. The number of rotatable bonds is 5. The van der Waals surface area contributed by atoms with Gasteiger partial charge < -0.3 is 15.3 Å². The minimum atomic E-state index is -0.603. The third-order valence-corrected chi connectivity index (χ3v) is 4.63. The van der Waals surface area contributed by atoms with Crippen LogP contribution < -0.4 is 5.32 Å². The number of halogens is 2. The largest absolute Gasteiger partial charge is 0.396 e. The van der Waals surface area contributed by atoms with E-state index in [0.717, 1.165) is 31.7 Å². The second-order valence-corrected chi connectivity index (χ2v) is 6.19. The van der Waals surface area contributed by atoms with Crippen molar-refractivity contribution in [1.29, 1.82) is 0 Å². The van der Waals surface area contributed by atoms with E-state index in [1.165, 1.54) is 12.1 Å². The topological polar surface area (TPSA) is 52.6 Å². The number of urea groups is 1. The Morgan fingerprint density at radius 2 is 2.00 bits per heavy atom. The molecule has 0 unspecified atom stereocenters. The fourth-order valence-electron chi connectivity index (χ4n) is 3.03. The van der Waals surface area contributed by atoms with Crippen molar-refractivity contribution in [3.8, 4) is 0 Å². The molecule has 0 saturated heterocycles. The minimum absolute atomic E-state index is 0.181. The van der Waals surface area contributed by atoms with E-state index in [1.807, 2.05) is 0 Å². The van der Waals surface area contributed by atoms with Gasteiger partial charge in [-0.3, -0.25) is 0 Å². The van der Waals surface area contributed by atoms with Gasteiger partial charge in [0.2, 0.25) is 0 Å². The standard InChI is InChI=1S/C17H24F2N2O2/c1-21(15-6-2-12(11-22)3-7-15)17(23)20-9-8-13-4-5-14(18)10-16(13)19/h4-5,10,12,15,22H,2-3,6-9,11H2,1H3,(H,20,23). The highest BCUT2D eigenvalue weighted by Crippen LogP contribution is 2.26.